The second-order valence-corrected chi connectivity index (χ2v) is 3.35. The lowest BCUT2D eigenvalue weighted by Crippen LogP contribution is -2.20. The summed E-state index contributed by atoms with van der Waals surface area (Å²) in [7, 11) is 1.11. The molecule has 1 aromatic rings. The maximum atomic E-state index is 12.7. The van der Waals surface area contributed by atoms with Crippen LogP contribution < -0.4 is 9.47 Å². The number of carboxylic acids is 1. The van der Waals surface area contributed by atoms with E-state index in [2.05, 4.69) is 9.72 Å². The molecule has 0 aliphatic carbocycles. The summed E-state index contributed by atoms with van der Waals surface area (Å²) >= 11 is 0. The first-order chi connectivity index (χ1) is 8.76. The number of alkyl halides is 4. The zero-order valence-electron chi connectivity index (χ0n) is 9.62. The van der Waals surface area contributed by atoms with Gasteiger partial charge < -0.3 is 14.6 Å². The number of carboxylic acid groups (broad SMARTS) is 1. The number of hydrogen-bond acceptors (Lipinski definition) is 4. The molecule has 0 unspecified atom stereocenters. The summed E-state index contributed by atoms with van der Waals surface area (Å²) in [4.78, 5) is 13.8. The average molecular weight is 283 g/mol. The Bertz CT molecular complexity index is 475. The number of pyridine rings is 1. The normalized spacial score (nSPS) is 11.2. The second-order valence-electron chi connectivity index (χ2n) is 3.35. The molecule has 0 aromatic carbocycles. The zero-order valence-corrected chi connectivity index (χ0v) is 9.62. The van der Waals surface area contributed by atoms with Crippen molar-refractivity contribution in [1.29, 1.82) is 0 Å². The van der Waals surface area contributed by atoms with E-state index in [1.165, 1.54) is 0 Å². The Kier molecular flexibility index (Phi) is 4.52. The van der Waals surface area contributed by atoms with Crippen molar-refractivity contribution >= 4 is 5.97 Å². The molecule has 9 heteroatoms. The molecule has 0 amide bonds. The monoisotopic (exact) mass is 283 g/mol. The highest BCUT2D eigenvalue weighted by atomic mass is 19.4. The van der Waals surface area contributed by atoms with E-state index in [1.54, 1.807) is 0 Å². The molecule has 0 saturated carbocycles. The van der Waals surface area contributed by atoms with Crippen molar-refractivity contribution in [3.63, 3.8) is 0 Å². The molecule has 1 rings (SSSR count). The molecule has 0 aliphatic rings. The number of carbonyl (C=O) groups is 1. The maximum Gasteiger partial charge on any atom is 0.574 e. The van der Waals surface area contributed by atoms with Crippen molar-refractivity contribution in [1.82, 2.24) is 4.98 Å². The van der Waals surface area contributed by atoms with E-state index in [1.807, 2.05) is 0 Å². The van der Waals surface area contributed by atoms with Gasteiger partial charge in [-0.2, -0.15) is 0 Å². The first-order valence-corrected chi connectivity index (χ1v) is 4.87. The highest BCUT2D eigenvalue weighted by Gasteiger charge is 2.34. The minimum Gasteiger partial charge on any atom is -0.496 e. The van der Waals surface area contributed by atoms with Crippen molar-refractivity contribution in [3.8, 4) is 11.6 Å². The standard InChI is InChI=1S/C10H9F4NO4/c1-18-7-2-5(3-8(16)17)15-9(6(7)4-11)19-10(12,13)14/h2H,3-4H2,1H3,(H,16,17). The van der Waals surface area contributed by atoms with Gasteiger partial charge in [0, 0.05) is 6.07 Å². The summed E-state index contributed by atoms with van der Waals surface area (Å²) in [6.45, 7) is -1.30. The fraction of sp³-hybridized carbons (Fsp3) is 0.400. The van der Waals surface area contributed by atoms with E-state index in [-0.39, 0.29) is 11.4 Å². The lowest BCUT2D eigenvalue weighted by atomic mass is 10.2. The SMILES string of the molecule is COc1cc(CC(=O)O)nc(OC(F)(F)F)c1CF. The van der Waals surface area contributed by atoms with Crippen LogP contribution in [0.25, 0.3) is 0 Å². The molecule has 0 radical (unpaired) electrons. The van der Waals surface area contributed by atoms with E-state index in [0.29, 0.717) is 0 Å². The highest BCUT2D eigenvalue weighted by molar-refractivity contribution is 5.70. The predicted octanol–water partition coefficient (Wildman–Crippen LogP) is 2.09. The van der Waals surface area contributed by atoms with Gasteiger partial charge in [-0.05, 0) is 0 Å². The van der Waals surface area contributed by atoms with Gasteiger partial charge in [-0.1, -0.05) is 0 Å². The number of nitrogens with zero attached hydrogens (tertiary/aromatic N) is 1. The van der Waals surface area contributed by atoms with E-state index in [4.69, 9.17) is 9.84 Å². The molecule has 0 fully saturated rings. The summed E-state index contributed by atoms with van der Waals surface area (Å²) in [6, 6.07) is 1.05. The fourth-order valence-corrected chi connectivity index (χ4v) is 1.32. The lowest BCUT2D eigenvalue weighted by Gasteiger charge is -2.14. The largest absolute Gasteiger partial charge is 0.574 e. The minimum absolute atomic E-state index is 0.235. The Hall–Kier alpha value is -2.06. The van der Waals surface area contributed by atoms with E-state index < -0.39 is 36.9 Å². The Morgan fingerprint density at radius 2 is 2.11 bits per heavy atom. The number of halogens is 4. The summed E-state index contributed by atoms with van der Waals surface area (Å²) in [5.74, 6) is -2.61. The molecule has 1 aromatic heterocycles. The molecular weight excluding hydrogens is 274 g/mol. The quantitative estimate of drug-likeness (QED) is 0.838. The highest BCUT2D eigenvalue weighted by Crippen LogP contribution is 2.32. The maximum absolute atomic E-state index is 12.7. The van der Waals surface area contributed by atoms with Crippen LogP contribution in [-0.4, -0.2) is 29.5 Å². The molecule has 1 N–H and O–H groups in total. The number of hydrogen-bond donors (Lipinski definition) is 1. The van der Waals surface area contributed by atoms with Crippen LogP contribution in [0.15, 0.2) is 6.07 Å². The van der Waals surface area contributed by atoms with Crippen LogP contribution in [-0.2, 0) is 17.9 Å². The Morgan fingerprint density at radius 3 is 2.53 bits per heavy atom. The molecular formula is C10H9F4NO4. The number of aliphatic carboxylic acids is 1. The van der Waals surface area contributed by atoms with Crippen LogP contribution in [0.3, 0.4) is 0 Å². The lowest BCUT2D eigenvalue weighted by molar-refractivity contribution is -0.276. The van der Waals surface area contributed by atoms with Gasteiger partial charge in [-0.3, -0.25) is 4.79 Å². The van der Waals surface area contributed by atoms with Crippen LogP contribution >= 0.6 is 0 Å². The van der Waals surface area contributed by atoms with Crippen molar-refractivity contribution < 1.29 is 36.9 Å². The van der Waals surface area contributed by atoms with Gasteiger partial charge in [0.1, 0.15) is 12.4 Å². The third-order valence-corrected chi connectivity index (χ3v) is 2.00. The minimum atomic E-state index is -5.07. The topological polar surface area (TPSA) is 68.7 Å². The zero-order chi connectivity index (χ0) is 14.6. The van der Waals surface area contributed by atoms with Crippen molar-refractivity contribution in [2.24, 2.45) is 0 Å². The smallest absolute Gasteiger partial charge is 0.496 e. The Labute approximate surface area is 104 Å². The van der Waals surface area contributed by atoms with Crippen LogP contribution in [0.4, 0.5) is 17.6 Å². The van der Waals surface area contributed by atoms with Crippen LogP contribution in [0.2, 0.25) is 0 Å². The summed E-state index contributed by atoms with van der Waals surface area (Å²) in [6.07, 6.45) is -5.71. The van der Waals surface area contributed by atoms with Crippen molar-refractivity contribution in [3.05, 3.63) is 17.3 Å². The van der Waals surface area contributed by atoms with Gasteiger partial charge in [-0.15, -0.1) is 13.2 Å². The van der Waals surface area contributed by atoms with Gasteiger partial charge in [0.05, 0.1) is 24.8 Å². The van der Waals surface area contributed by atoms with Crippen LogP contribution in [0.1, 0.15) is 11.3 Å². The van der Waals surface area contributed by atoms with Crippen LogP contribution in [0.5, 0.6) is 11.6 Å². The number of rotatable bonds is 5. The predicted molar refractivity (Wildman–Crippen MR) is 53.6 cm³/mol. The van der Waals surface area contributed by atoms with Gasteiger partial charge in [-0.25, -0.2) is 9.37 Å². The molecule has 1 heterocycles. The van der Waals surface area contributed by atoms with Gasteiger partial charge >= 0.3 is 12.3 Å². The molecule has 0 atom stereocenters. The first-order valence-electron chi connectivity index (χ1n) is 4.87. The third-order valence-electron chi connectivity index (χ3n) is 2.00. The summed E-state index contributed by atoms with van der Waals surface area (Å²) in [5.41, 5.74) is -0.769. The van der Waals surface area contributed by atoms with Crippen molar-refractivity contribution in [2.45, 2.75) is 19.5 Å². The average Bonchev–Trinajstić information content (AvgIpc) is 2.25. The molecule has 0 saturated heterocycles. The van der Waals surface area contributed by atoms with E-state index >= 15 is 0 Å². The Balaban J connectivity index is 3.27. The fourth-order valence-electron chi connectivity index (χ4n) is 1.32. The van der Waals surface area contributed by atoms with Gasteiger partial charge in [0.25, 0.3) is 0 Å². The molecule has 106 valence electrons. The Morgan fingerprint density at radius 1 is 1.47 bits per heavy atom. The van der Waals surface area contributed by atoms with Crippen LogP contribution in [0, 0.1) is 0 Å². The second kappa shape index (κ2) is 5.72. The number of aromatic nitrogens is 1. The van der Waals surface area contributed by atoms with Crippen molar-refractivity contribution in [2.75, 3.05) is 7.11 Å². The molecule has 0 bridgehead atoms. The molecule has 0 spiro atoms. The summed E-state index contributed by atoms with van der Waals surface area (Å²) in [5, 5.41) is 8.56. The number of methoxy groups -OCH3 is 1. The van der Waals surface area contributed by atoms with E-state index in [0.717, 1.165) is 13.2 Å². The van der Waals surface area contributed by atoms with Gasteiger partial charge in [0.2, 0.25) is 5.88 Å². The van der Waals surface area contributed by atoms with E-state index in [9.17, 15) is 22.4 Å². The number of ether oxygens (including phenoxy) is 2. The third kappa shape index (κ3) is 4.27. The molecule has 19 heavy (non-hydrogen) atoms. The first kappa shape index (κ1) is 15.0. The molecule has 0 aliphatic heterocycles. The molecule has 5 nitrogen and oxygen atoms in total. The van der Waals surface area contributed by atoms with Gasteiger partial charge in [0.15, 0.2) is 0 Å². The summed E-state index contributed by atoms with van der Waals surface area (Å²) < 4.78 is 57.4.